The lowest BCUT2D eigenvalue weighted by Gasteiger charge is -2.28. The van der Waals surface area contributed by atoms with Gasteiger partial charge in [0.25, 0.3) is 0 Å². The van der Waals surface area contributed by atoms with Crippen LogP contribution in [0.4, 0.5) is 0 Å². The predicted molar refractivity (Wildman–Crippen MR) is 128 cm³/mol. The fourth-order valence-corrected chi connectivity index (χ4v) is 5.00. The second-order valence-electron chi connectivity index (χ2n) is 8.73. The number of benzene rings is 1. The molecule has 0 spiro atoms. The van der Waals surface area contributed by atoms with Crippen LogP contribution in [-0.4, -0.2) is 35.2 Å². The second kappa shape index (κ2) is 10.9. The van der Waals surface area contributed by atoms with Gasteiger partial charge in [0, 0.05) is 18.0 Å². The number of allylic oxidation sites excluding steroid dienone is 3. The molecule has 6 nitrogen and oxygen atoms in total. The number of hydrogen-bond acceptors (Lipinski definition) is 4. The summed E-state index contributed by atoms with van der Waals surface area (Å²) in [7, 11) is -6.63. The molecule has 8 heteroatoms. The van der Waals surface area contributed by atoms with Crippen molar-refractivity contribution in [1.82, 2.24) is 9.44 Å². The summed E-state index contributed by atoms with van der Waals surface area (Å²) < 4.78 is 52.7. The summed E-state index contributed by atoms with van der Waals surface area (Å²) in [6.45, 7) is 11.3. The van der Waals surface area contributed by atoms with E-state index in [9.17, 15) is 16.8 Å². The molecule has 0 fully saturated rings. The van der Waals surface area contributed by atoms with Crippen molar-refractivity contribution >= 4 is 25.6 Å². The third-order valence-electron chi connectivity index (χ3n) is 5.97. The van der Waals surface area contributed by atoms with Crippen LogP contribution in [0.15, 0.2) is 41.8 Å². The monoisotopic (exact) mass is 468 g/mol. The molecule has 174 valence electrons. The maximum absolute atomic E-state index is 12.0. The van der Waals surface area contributed by atoms with Crippen LogP contribution in [0, 0.1) is 11.8 Å². The molecule has 0 heterocycles. The summed E-state index contributed by atoms with van der Waals surface area (Å²) in [5.41, 5.74) is 3.59. The first-order chi connectivity index (χ1) is 14.4. The highest BCUT2D eigenvalue weighted by molar-refractivity contribution is 7.93. The Balaban J connectivity index is 1.87. The summed E-state index contributed by atoms with van der Waals surface area (Å²) in [6, 6.07) is 8.27. The maximum atomic E-state index is 12.0. The van der Waals surface area contributed by atoms with E-state index < -0.39 is 25.3 Å². The summed E-state index contributed by atoms with van der Waals surface area (Å²) >= 11 is 0. The second-order valence-corrected chi connectivity index (χ2v) is 13.0. The van der Waals surface area contributed by atoms with Crippen LogP contribution in [0.25, 0.3) is 5.57 Å². The third kappa shape index (κ3) is 7.56. The van der Waals surface area contributed by atoms with E-state index >= 15 is 0 Å². The standard InChI is InChI=1S/C23H36N2O4S2/c1-17(2)30(26,27)24-15-14-20-6-8-22(9-7-20)23-12-10-21(11-13-23)19(5)16-25-31(28,29)18(3)4/h6-9,12,18-19,21,24-25H,1,10-11,13-16H2,2-5H3. The molecule has 31 heavy (non-hydrogen) atoms. The Morgan fingerprint density at radius 3 is 2.26 bits per heavy atom. The van der Waals surface area contributed by atoms with E-state index in [1.54, 1.807) is 13.8 Å². The van der Waals surface area contributed by atoms with Crippen LogP contribution in [0.3, 0.4) is 0 Å². The van der Waals surface area contributed by atoms with Crippen LogP contribution in [-0.2, 0) is 26.5 Å². The topological polar surface area (TPSA) is 92.3 Å². The van der Waals surface area contributed by atoms with Crippen LogP contribution in [0.1, 0.15) is 58.1 Å². The first kappa shape index (κ1) is 25.8. The number of hydrogen-bond donors (Lipinski definition) is 2. The average molecular weight is 469 g/mol. The van der Waals surface area contributed by atoms with Crippen molar-refractivity contribution in [2.24, 2.45) is 11.8 Å². The van der Waals surface area contributed by atoms with Gasteiger partial charge in [-0.1, -0.05) is 43.8 Å². The van der Waals surface area contributed by atoms with E-state index in [1.807, 2.05) is 12.1 Å². The van der Waals surface area contributed by atoms with Crippen LogP contribution >= 0.6 is 0 Å². The van der Waals surface area contributed by atoms with Gasteiger partial charge in [0.1, 0.15) is 0 Å². The quantitative estimate of drug-likeness (QED) is 0.516. The summed E-state index contributed by atoms with van der Waals surface area (Å²) in [5.74, 6) is 0.760. The molecule has 1 aromatic rings. The molecule has 0 radical (unpaired) electrons. The maximum Gasteiger partial charge on any atom is 0.235 e. The van der Waals surface area contributed by atoms with E-state index in [2.05, 4.69) is 41.2 Å². The van der Waals surface area contributed by atoms with Gasteiger partial charge in [0.2, 0.25) is 20.0 Å². The van der Waals surface area contributed by atoms with Crippen molar-refractivity contribution in [3.05, 3.63) is 53.0 Å². The molecule has 0 aliphatic heterocycles. The van der Waals surface area contributed by atoms with E-state index in [0.717, 1.165) is 24.8 Å². The van der Waals surface area contributed by atoms with Gasteiger partial charge in [-0.25, -0.2) is 26.3 Å². The van der Waals surface area contributed by atoms with Gasteiger partial charge < -0.3 is 0 Å². The van der Waals surface area contributed by atoms with Crippen molar-refractivity contribution in [2.45, 2.75) is 58.6 Å². The molecule has 2 rings (SSSR count). The lowest BCUT2D eigenvalue weighted by molar-refractivity contribution is 0.334. The SMILES string of the molecule is C=C(C)S(=O)(=O)NCCc1ccc(C2=CCC(C(C)CNS(=O)(=O)C(C)C)CC2)cc1. The Bertz CT molecular complexity index is 995. The fourth-order valence-electron chi connectivity index (χ4n) is 3.55. The Morgan fingerprint density at radius 1 is 1.10 bits per heavy atom. The molecule has 0 bridgehead atoms. The Hall–Kier alpha value is -1.48. The van der Waals surface area contributed by atoms with Gasteiger partial charge in [-0.3, -0.25) is 0 Å². The molecule has 0 saturated carbocycles. The highest BCUT2D eigenvalue weighted by Gasteiger charge is 2.23. The molecular formula is C23H36N2O4S2. The Labute approximate surface area is 188 Å². The molecule has 2 unspecified atom stereocenters. The number of rotatable bonds is 11. The van der Waals surface area contributed by atoms with E-state index in [4.69, 9.17) is 0 Å². The molecule has 2 atom stereocenters. The average Bonchev–Trinajstić information content (AvgIpc) is 2.72. The number of nitrogens with one attached hydrogen (secondary N) is 2. The van der Waals surface area contributed by atoms with E-state index in [1.165, 1.54) is 18.1 Å². The lowest BCUT2D eigenvalue weighted by Crippen LogP contribution is -2.36. The molecular weight excluding hydrogens is 432 g/mol. The van der Waals surface area contributed by atoms with Gasteiger partial charge in [0.15, 0.2) is 0 Å². The van der Waals surface area contributed by atoms with Gasteiger partial charge in [-0.2, -0.15) is 0 Å². The zero-order valence-electron chi connectivity index (χ0n) is 19.0. The highest BCUT2D eigenvalue weighted by atomic mass is 32.2. The lowest BCUT2D eigenvalue weighted by atomic mass is 9.80. The van der Waals surface area contributed by atoms with Gasteiger partial charge in [0.05, 0.1) is 5.25 Å². The van der Waals surface area contributed by atoms with Crippen LogP contribution in [0.5, 0.6) is 0 Å². The minimum absolute atomic E-state index is 0.122. The van der Waals surface area contributed by atoms with E-state index in [-0.39, 0.29) is 10.8 Å². The molecule has 2 N–H and O–H groups in total. The van der Waals surface area contributed by atoms with E-state index in [0.29, 0.717) is 25.4 Å². The molecule has 0 amide bonds. The Kier molecular flexibility index (Phi) is 9.06. The number of sulfonamides is 2. The normalized spacial score (nSPS) is 18.6. The molecule has 1 aromatic carbocycles. The highest BCUT2D eigenvalue weighted by Crippen LogP contribution is 2.34. The third-order valence-corrected chi connectivity index (χ3v) is 9.28. The Morgan fingerprint density at radius 2 is 1.74 bits per heavy atom. The van der Waals surface area contributed by atoms with Gasteiger partial charge >= 0.3 is 0 Å². The van der Waals surface area contributed by atoms with Crippen molar-refractivity contribution in [2.75, 3.05) is 13.1 Å². The van der Waals surface area contributed by atoms with Crippen molar-refractivity contribution in [1.29, 1.82) is 0 Å². The van der Waals surface area contributed by atoms with Crippen LogP contribution < -0.4 is 9.44 Å². The summed E-state index contributed by atoms with van der Waals surface area (Å²) in [4.78, 5) is 0.122. The first-order valence-corrected chi connectivity index (χ1v) is 13.9. The largest absolute Gasteiger partial charge is 0.235 e. The van der Waals surface area contributed by atoms with Gasteiger partial charge in [-0.05, 0) is 75.0 Å². The summed E-state index contributed by atoms with van der Waals surface area (Å²) in [5, 5.41) is -0.410. The molecule has 1 aliphatic carbocycles. The zero-order chi connectivity index (χ0) is 23.2. The van der Waals surface area contributed by atoms with Crippen molar-refractivity contribution < 1.29 is 16.8 Å². The van der Waals surface area contributed by atoms with Crippen molar-refractivity contribution in [3.8, 4) is 0 Å². The minimum atomic E-state index is -3.41. The minimum Gasteiger partial charge on any atom is -0.215 e. The predicted octanol–water partition coefficient (Wildman–Crippen LogP) is 3.83. The smallest absolute Gasteiger partial charge is 0.215 e. The fraction of sp³-hybridized carbons (Fsp3) is 0.565. The first-order valence-electron chi connectivity index (χ1n) is 10.8. The zero-order valence-corrected chi connectivity index (χ0v) is 20.7. The molecule has 0 aromatic heterocycles. The van der Waals surface area contributed by atoms with Crippen LogP contribution in [0.2, 0.25) is 0 Å². The molecule has 1 aliphatic rings. The summed E-state index contributed by atoms with van der Waals surface area (Å²) in [6.07, 6.45) is 5.87. The van der Waals surface area contributed by atoms with Gasteiger partial charge in [-0.15, -0.1) is 0 Å². The molecule has 0 saturated heterocycles. The van der Waals surface area contributed by atoms with Crippen molar-refractivity contribution in [3.63, 3.8) is 0 Å².